The van der Waals surface area contributed by atoms with Crippen molar-refractivity contribution in [3.8, 4) is 0 Å². The summed E-state index contributed by atoms with van der Waals surface area (Å²) in [7, 11) is 0. The Morgan fingerprint density at radius 3 is 2.58 bits per heavy atom. The van der Waals surface area contributed by atoms with E-state index in [4.69, 9.17) is 16.3 Å². The van der Waals surface area contributed by atoms with E-state index in [9.17, 15) is 0 Å². The molecule has 1 aliphatic rings. The Labute approximate surface area is 124 Å². The molecule has 1 fully saturated rings. The van der Waals surface area contributed by atoms with Crippen molar-refractivity contribution in [2.75, 3.05) is 38.7 Å². The molecule has 19 heavy (non-hydrogen) atoms. The largest absolute Gasteiger partial charge is 0.374 e. The Morgan fingerprint density at radius 1 is 1.37 bits per heavy atom. The second-order valence-corrected chi connectivity index (χ2v) is 6.32. The van der Waals surface area contributed by atoms with Crippen molar-refractivity contribution in [1.82, 2.24) is 10.2 Å². The maximum absolute atomic E-state index is 6.13. The monoisotopic (exact) mass is 290 g/mol. The van der Waals surface area contributed by atoms with Crippen LogP contribution >= 0.6 is 11.6 Å². The Bertz CT molecular complexity index is 236. The minimum absolute atomic E-state index is 0.244. The van der Waals surface area contributed by atoms with Gasteiger partial charge in [0, 0.05) is 38.1 Å². The maximum Gasteiger partial charge on any atom is 0.0826 e. The average Bonchev–Trinajstić information content (AvgIpc) is 2.44. The van der Waals surface area contributed by atoms with Crippen molar-refractivity contribution < 1.29 is 4.74 Å². The highest BCUT2D eigenvalue weighted by atomic mass is 35.5. The number of nitrogens with one attached hydrogen (secondary N) is 1. The fourth-order valence-corrected chi connectivity index (χ4v) is 3.04. The third kappa shape index (κ3) is 5.22. The Morgan fingerprint density at radius 2 is 2.05 bits per heavy atom. The second-order valence-electron chi connectivity index (χ2n) is 6.05. The molecule has 1 aliphatic heterocycles. The van der Waals surface area contributed by atoms with Gasteiger partial charge >= 0.3 is 0 Å². The smallest absolute Gasteiger partial charge is 0.0826 e. The molecule has 1 rings (SSSR count). The summed E-state index contributed by atoms with van der Waals surface area (Å²) in [6.45, 7) is 13.8. The molecule has 114 valence electrons. The number of halogens is 1. The van der Waals surface area contributed by atoms with Gasteiger partial charge < -0.3 is 10.1 Å². The van der Waals surface area contributed by atoms with Crippen LogP contribution in [0.2, 0.25) is 0 Å². The molecule has 0 aliphatic carbocycles. The second kappa shape index (κ2) is 8.46. The van der Waals surface area contributed by atoms with Crippen LogP contribution < -0.4 is 5.32 Å². The molecule has 0 radical (unpaired) electrons. The molecule has 1 saturated heterocycles. The van der Waals surface area contributed by atoms with Crippen molar-refractivity contribution in [2.24, 2.45) is 5.41 Å². The van der Waals surface area contributed by atoms with Gasteiger partial charge in [-0.25, -0.2) is 0 Å². The van der Waals surface area contributed by atoms with Crippen LogP contribution in [0.5, 0.6) is 0 Å². The Balaban J connectivity index is 2.32. The summed E-state index contributed by atoms with van der Waals surface area (Å²) in [5, 5.41) is 3.57. The minimum Gasteiger partial charge on any atom is -0.374 e. The number of rotatable bonds is 8. The van der Waals surface area contributed by atoms with E-state index in [1.807, 2.05) is 0 Å². The van der Waals surface area contributed by atoms with Crippen LogP contribution in [0.1, 0.15) is 40.5 Å². The highest BCUT2D eigenvalue weighted by Crippen LogP contribution is 2.26. The lowest BCUT2D eigenvalue weighted by Crippen LogP contribution is -2.50. The van der Waals surface area contributed by atoms with E-state index in [-0.39, 0.29) is 5.41 Å². The summed E-state index contributed by atoms with van der Waals surface area (Å²) in [4.78, 5) is 2.49. The molecule has 1 N–H and O–H groups in total. The summed E-state index contributed by atoms with van der Waals surface area (Å²) in [6, 6.07) is 0.611. The van der Waals surface area contributed by atoms with E-state index in [0.717, 1.165) is 51.5 Å². The summed E-state index contributed by atoms with van der Waals surface area (Å²) in [5.74, 6) is 0.733. The van der Waals surface area contributed by atoms with E-state index in [0.29, 0.717) is 12.1 Å². The highest BCUT2D eigenvalue weighted by molar-refractivity contribution is 6.18. The van der Waals surface area contributed by atoms with Gasteiger partial charge in [-0.05, 0) is 32.1 Å². The number of ether oxygens (including phenoxy) is 1. The van der Waals surface area contributed by atoms with E-state index in [1.54, 1.807) is 0 Å². The van der Waals surface area contributed by atoms with Gasteiger partial charge in [0.2, 0.25) is 0 Å². The summed E-state index contributed by atoms with van der Waals surface area (Å²) in [5.41, 5.74) is 0.244. The van der Waals surface area contributed by atoms with Crippen molar-refractivity contribution in [3.05, 3.63) is 0 Å². The molecule has 1 atom stereocenters. The predicted molar refractivity (Wildman–Crippen MR) is 83.1 cm³/mol. The quantitative estimate of drug-likeness (QED) is 0.696. The first kappa shape index (κ1) is 17.2. The van der Waals surface area contributed by atoms with Crippen LogP contribution in [0.3, 0.4) is 0 Å². The van der Waals surface area contributed by atoms with Gasteiger partial charge in [-0.3, -0.25) is 4.90 Å². The molecule has 0 bridgehead atoms. The third-order valence-electron chi connectivity index (χ3n) is 4.56. The van der Waals surface area contributed by atoms with Crippen LogP contribution in [0.4, 0.5) is 0 Å². The van der Waals surface area contributed by atoms with Gasteiger partial charge in [-0.2, -0.15) is 0 Å². The maximum atomic E-state index is 6.13. The van der Waals surface area contributed by atoms with Gasteiger partial charge in [0.05, 0.1) is 12.7 Å². The molecule has 3 nitrogen and oxygen atoms in total. The minimum atomic E-state index is 0.244. The van der Waals surface area contributed by atoms with E-state index in [2.05, 4.69) is 37.9 Å². The lowest BCUT2D eigenvalue weighted by atomic mass is 9.84. The topological polar surface area (TPSA) is 24.5 Å². The Hall–Kier alpha value is 0.170. The summed E-state index contributed by atoms with van der Waals surface area (Å²) in [6.07, 6.45) is 2.57. The zero-order valence-electron chi connectivity index (χ0n) is 13.0. The van der Waals surface area contributed by atoms with E-state index >= 15 is 0 Å². The molecule has 1 heterocycles. The van der Waals surface area contributed by atoms with Crippen LogP contribution in [0.25, 0.3) is 0 Å². The van der Waals surface area contributed by atoms with Crippen LogP contribution in [0, 0.1) is 5.41 Å². The summed E-state index contributed by atoms with van der Waals surface area (Å²) < 4.78 is 5.84. The van der Waals surface area contributed by atoms with Crippen molar-refractivity contribution in [2.45, 2.75) is 52.7 Å². The molecule has 0 aromatic heterocycles. The first-order chi connectivity index (χ1) is 9.06. The third-order valence-corrected chi connectivity index (χ3v) is 5.12. The number of alkyl halides is 1. The lowest BCUT2D eigenvalue weighted by molar-refractivity contribution is -0.0379. The Kier molecular flexibility index (Phi) is 7.66. The van der Waals surface area contributed by atoms with Gasteiger partial charge in [-0.1, -0.05) is 13.8 Å². The van der Waals surface area contributed by atoms with Gasteiger partial charge in [0.15, 0.2) is 0 Å². The lowest BCUT2D eigenvalue weighted by Gasteiger charge is -2.36. The molecule has 1 unspecified atom stereocenters. The first-order valence-corrected chi connectivity index (χ1v) is 8.22. The molecule has 0 saturated carbocycles. The molecular formula is C15H31ClN2O. The number of hydrogen-bond donors (Lipinski definition) is 1. The van der Waals surface area contributed by atoms with E-state index in [1.165, 1.54) is 0 Å². The molecule has 0 amide bonds. The zero-order chi connectivity index (χ0) is 14.3. The van der Waals surface area contributed by atoms with Crippen molar-refractivity contribution in [1.29, 1.82) is 0 Å². The molecule has 0 spiro atoms. The first-order valence-electron chi connectivity index (χ1n) is 7.69. The molecular weight excluding hydrogens is 260 g/mol. The SMILES string of the molecule is CCC(CC)(CCl)CNCC1CN(C(C)C)CCO1. The van der Waals surface area contributed by atoms with Crippen molar-refractivity contribution >= 4 is 11.6 Å². The number of morpholine rings is 1. The number of nitrogens with zero attached hydrogens (tertiary/aromatic N) is 1. The normalized spacial score (nSPS) is 22.1. The van der Waals surface area contributed by atoms with Gasteiger partial charge in [0.25, 0.3) is 0 Å². The van der Waals surface area contributed by atoms with Crippen LogP contribution in [-0.4, -0.2) is 55.7 Å². The van der Waals surface area contributed by atoms with Crippen LogP contribution in [0.15, 0.2) is 0 Å². The zero-order valence-corrected chi connectivity index (χ0v) is 13.8. The van der Waals surface area contributed by atoms with Crippen molar-refractivity contribution in [3.63, 3.8) is 0 Å². The molecule has 4 heteroatoms. The van der Waals surface area contributed by atoms with E-state index < -0.39 is 0 Å². The number of hydrogen-bond acceptors (Lipinski definition) is 3. The fraction of sp³-hybridized carbons (Fsp3) is 1.00. The molecule has 0 aromatic carbocycles. The van der Waals surface area contributed by atoms with Gasteiger partial charge in [0.1, 0.15) is 0 Å². The summed E-state index contributed by atoms with van der Waals surface area (Å²) >= 11 is 6.13. The van der Waals surface area contributed by atoms with Crippen LogP contribution in [-0.2, 0) is 4.74 Å². The fourth-order valence-electron chi connectivity index (χ4n) is 2.57. The highest BCUT2D eigenvalue weighted by Gasteiger charge is 2.26. The van der Waals surface area contributed by atoms with Gasteiger partial charge in [-0.15, -0.1) is 11.6 Å². The molecule has 0 aromatic rings. The predicted octanol–water partition coefficient (Wildman–Crippen LogP) is 2.73. The standard InChI is InChI=1S/C15H31ClN2O/c1-5-15(6-2,11-16)12-17-9-14-10-18(13(3)4)7-8-19-14/h13-14,17H,5-12H2,1-4H3. The average molecular weight is 291 g/mol.